The van der Waals surface area contributed by atoms with Gasteiger partial charge in [-0.1, -0.05) is 0 Å². The first-order valence-corrected chi connectivity index (χ1v) is 9.56. The molecule has 4 saturated carbocycles. The highest BCUT2D eigenvalue weighted by Gasteiger charge is 2.51. The van der Waals surface area contributed by atoms with E-state index < -0.39 is 11.8 Å². The van der Waals surface area contributed by atoms with Crippen LogP contribution in [0.5, 0.6) is 5.75 Å². The number of ether oxygens (including phenoxy) is 3. The zero-order chi connectivity index (χ0) is 18.1. The van der Waals surface area contributed by atoms with E-state index >= 15 is 0 Å². The molecule has 140 valence electrons. The molecule has 0 spiro atoms. The average molecular weight is 358 g/mol. The first kappa shape index (κ1) is 17.5. The largest absolute Gasteiger partial charge is 0.491 e. The topological polar surface area (TPSA) is 61.8 Å². The first-order valence-electron chi connectivity index (χ1n) is 9.56. The monoisotopic (exact) mass is 358 g/mol. The summed E-state index contributed by atoms with van der Waals surface area (Å²) in [5, 5.41) is 0. The third-order valence-electron chi connectivity index (χ3n) is 6.23. The maximum Gasteiger partial charge on any atom is 0.379 e. The zero-order valence-electron chi connectivity index (χ0n) is 15.2. The third-order valence-corrected chi connectivity index (χ3v) is 6.23. The van der Waals surface area contributed by atoms with Crippen LogP contribution in [-0.4, -0.2) is 37.7 Å². The van der Waals surface area contributed by atoms with Crippen molar-refractivity contribution in [2.75, 3.05) is 20.3 Å². The van der Waals surface area contributed by atoms with Gasteiger partial charge in [-0.25, -0.2) is 4.79 Å². The normalized spacial score (nSPS) is 31.7. The maximum atomic E-state index is 11.7. The molecule has 5 heteroatoms. The van der Waals surface area contributed by atoms with Gasteiger partial charge in [-0.2, -0.15) is 0 Å². The van der Waals surface area contributed by atoms with Crippen molar-refractivity contribution in [1.82, 2.24) is 0 Å². The van der Waals surface area contributed by atoms with Crippen molar-refractivity contribution in [3.63, 3.8) is 0 Å². The molecule has 0 atom stereocenters. The molecule has 4 aliphatic rings. The van der Waals surface area contributed by atoms with E-state index in [1.807, 2.05) is 0 Å². The van der Waals surface area contributed by atoms with Gasteiger partial charge in [0.2, 0.25) is 0 Å². The molecule has 0 unspecified atom stereocenters. The van der Waals surface area contributed by atoms with Gasteiger partial charge in [0.15, 0.2) is 0 Å². The summed E-state index contributed by atoms with van der Waals surface area (Å²) in [5.74, 6) is 1.79. The summed E-state index contributed by atoms with van der Waals surface area (Å²) in [6.45, 7) is 1.08. The molecule has 5 nitrogen and oxygen atoms in total. The smallest absolute Gasteiger partial charge is 0.379 e. The summed E-state index contributed by atoms with van der Waals surface area (Å²) in [4.78, 5) is 23.0. The molecule has 1 aromatic rings. The van der Waals surface area contributed by atoms with E-state index in [1.54, 1.807) is 24.3 Å². The van der Waals surface area contributed by atoms with Crippen LogP contribution in [0.4, 0.5) is 0 Å². The van der Waals surface area contributed by atoms with Crippen LogP contribution < -0.4 is 4.74 Å². The van der Waals surface area contributed by atoms with Crippen LogP contribution in [0, 0.1) is 17.8 Å². The Morgan fingerprint density at radius 1 is 0.962 bits per heavy atom. The predicted molar refractivity (Wildman–Crippen MR) is 95.1 cm³/mol. The number of Topliss-reactive ketones (excluding diaryl/α,β-unsaturated/α-hetero) is 1. The molecule has 0 N–H and O–H groups in total. The Kier molecular flexibility index (Phi) is 4.74. The molecule has 0 amide bonds. The summed E-state index contributed by atoms with van der Waals surface area (Å²) < 4.78 is 16.5. The Labute approximate surface area is 154 Å². The van der Waals surface area contributed by atoms with Crippen LogP contribution in [0.1, 0.15) is 48.9 Å². The Morgan fingerprint density at radius 3 is 2.08 bits per heavy atom. The van der Waals surface area contributed by atoms with E-state index in [9.17, 15) is 9.59 Å². The standard InChI is InChI=1S/C21H26O5/c1-24-20(23)19(22)17-2-4-18(5-3-17)25-6-7-26-21-11-14-8-15(12-21)10-16(9-14)13-21/h2-5,14-16H,6-13H2,1H3. The van der Waals surface area contributed by atoms with E-state index in [0.29, 0.717) is 24.5 Å². The Hall–Kier alpha value is -1.88. The predicted octanol–water partition coefficient (Wildman–Crippen LogP) is 3.41. The molecule has 5 rings (SSSR count). The van der Waals surface area contributed by atoms with Crippen LogP contribution in [0.2, 0.25) is 0 Å². The molecule has 1 aromatic carbocycles. The molecule has 0 radical (unpaired) electrons. The SMILES string of the molecule is COC(=O)C(=O)c1ccc(OCCOC23CC4CC(CC(C4)C2)C3)cc1. The fourth-order valence-electron chi connectivity index (χ4n) is 5.54. The lowest BCUT2D eigenvalue weighted by Gasteiger charge is -2.56. The molecule has 0 aliphatic heterocycles. The van der Waals surface area contributed by atoms with E-state index in [-0.39, 0.29) is 5.60 Å². The Bertz CT molecular complexity index is 643. The molecule has 0 heterocycles. The summed E-state index contributed by atoms with van der Waals surface area (Å²) in [7, 11) is 1.20. The highest BCUT2D eigenvalue weighted by molar-refractivity contribution is 6.40. The molecule has 4 aliphatic carbocycles. The molecule has 0 saturated heterocycles. The van der Waals surface area contributed by atoms with E-state index in [4.69, 9.17) is 9.47 Å². The lowest BCUT2D eigenvalue weighted by molar-refractivity contribution is -0.165. The molecule has 4 bridgehead atoms. The van der Waals surface area contributed by atoms with Crippen molar-refractivity contribution in [3.05, 3.63) is 29.8 Å². The van der Waals surface area contributed by atoms with Crippen molar-refractivity contribution >= 4 is 11.8 Å². The van der Waals surface area contributed by atoms with Crippen LogP contribution in [0.25, 0.3) is 0 Å². The van der Waals surface area contributed by atoms with Crippen LogP contribution in [0.15, 0.2) is 24.3 Å². The number of carbonyl (C=O) groups excluding carboxylic acids is 2. The molecular weight excluding hydrogens is 332 g/mol. The van der Waals surface area contributed by atoms with Gasteiger partial charge in [0, 0.05) is 5.56 Å². The zero-order valence-corrected chi connectivity index (χ0v) is 15.2. The molecule has 4 fully saturated rings. The second-order valence-electron chi connectivity index (χ2n) is 8.14. The molecule has 26 heavy (non-hydrogen) atoms. The van der Waals surface area contributed by atoms with Gasteiger partial charge >= 0.3 is 5.97 Å². The van der Waals surface area contributed by atoms with Crippen molar-refractivity contribution in [2.24, 2.45) is 17.8 Å². The van der Waals surface area contributed by atoms with E-state index in [2.05, 4.69) is 4.74 Å². The number of hydrogen-bond donors (Lipinski definition) is 0. The highest BCUT2D eigenvalue weighted by Crippen LogP contribution is 2.57. The fraction of sp³-hybridized carbons (Fsp3) is 0.619. The number of hydrogen-bond acceptors (Lipinski definition) is 5. The number of carbonyl (C=O) groups is 2. The van der Waals surface area contributed by atoms with E-state index in [0.717, 1.165) is 17.8 Å². The van der Waals surface area contributed by atoms with Gasteiger partial charge in [0.05, 0.1) is 19.3 Å². The quantitative estimate of drug-likeness (QED) is 0.323. The number of esters is 1. The number of rotatable bonds is 7. The van der Waals surface area contributed by atoms with Gasteiger partial charge in [0.1, 0.15) is 12.4 Å². The highest BCUT2D eigenvalue weighted by atomic mass is 16.5. The fourth-order valence-corrected chi connectivity index (χ4v) is 5.54. The van der Waals surface area contributed by atoms with Crippen molar-refractivity contribution in [2.45, 2.75) is 44.1 Å². The number of methoxy groups -OCH3 is 1. The second kappa shape index (κ2) is 7.03. The minimum Gasteiger partial charge on any atom is -0.491 e. The minimum atomic E-state index is -0.859. The van der Waals surface area contributed by atoms with Crippen LogP contribution >= 0.6 is 0 Å². The van der Waals surface area contributed by atoms with Gasteiger partial charge in [-0.15, -0.1) is 0 Å². The van der Waals surface area contributed by atoms with E-state index in [1.165, 1.54) is 45.6 Å². The van der Waals surface area contributed by atoms with Gasteiger partial charge < -0.3 is 14.2 Å². The summed E-state index contributed by atoms with van der Waals surface area (Å²) in [6.07, 6.45) is 7.91. The van der Waals surface area contributed by atoms with Gasteiger partial charge in [0.25, 0.3) is 5.78 Å². The average Bonchev–Trinajstić information content (AvgIpc) is 2.63. The Balaban J connectivity index is 1.25. The van der Waals surface area contributed by atoms with Crippen molar-refractivity contribution < 1.29 is 23.8 Å². The lowest BCUT2D eigenvalue weighted by atomic mass is 9.54. The maximum absolute atomic E-state index is 11.7. The lowest BCUT2D eigenvalue weighted by Crippen LogP contribution is -2.52. The third kappa shape index (κ3) is 3.50. The van der Waals surface area contributed by atoms with Crippen molar-refractivity contribution in [1.29, 1.82) is 0 Å². The summed E-state index contributed by atoms with van der Waals surface area (Å²) in [5.41, 5.74) is 0.406. The molecular formula is C21H26O5. The summed E-state index contributed by atoms with van der Waals surface area (Å²) >= 11 is 0. The Morgan fingerprint density at radius 2 is 1.54 bits per heavy atom. The van der Waals surface area contributed by atoms with Crippen LogP contribution in [-0.2, 0) is 14.3 Å². The van der Waals surface area contributed by atoms with Gasteiger partial charge in [-0.05, 0) is 80.5 Å². The summed E-state index contributed by atoms with van der Waals surface area (Å²) in [6, 6.07) is 6.55. The number of ketones is 1. The van der Waals surface area contributed by atoms with Gasteiger partial charge in [-0.3, -0.25) is 4.79 Å². The first-order chi connectivity index (χ1) is 12.6. The second-order valence-corrected chi connectivity index (χ2v) is 8.14. The van der Waals surface area contributed by atoms with Crippen molar-refractivity contribution in [3.8, 4) is 5.75 Å². The number of benzene rings is 1. The minimum absolute atomic E-state index is 0.106. The molecule has 0 aromatic heterocycles. The van der Waals surface area contributed by atoms with Crippen LogP contribution in [0.3, 0.4) is 0 Å².